The van der Waals surface area contributed by atoms with Gasteiger partial charge in [-0.1, -0.05) is 20.8 Å². The van der Waals surface area contributed by atoms with Crippen LogP contribution < -0.4 is 0 Å². The van der Waals surface area contributed by atoms with Gasteiger partial charge in [0.25, 0.3) is 0 Å². The van der Waals surface area contributed by atoms with Crippen molar-refractivity contribution in [3.05, 3.63) is 0 Å². The van der Waals surface area contributed by atoms with E-state index in [2.05, 4.69) is 20.8 Å². The van der Waals surface area contributed by atoms with E-state index < -0.39 is 14.3 Å². The van der Waals surface area contributed by atoms with Gasteiger partial charge in [0.15, 0.2) is 0 Å². The first-order chi connectivity index (χ1) is 5.13. The summed E-state index contributed by atoms with van der Waals surface area (Å²) in [6.45, 7) is 7.90. The molecule has 4 heteroatoms. The van der Waals surface area contributed by atoms with Crippen molar-refractivity contribution in [3.8, 4) is 0 Å². The highest BCUT2D eigenvalue weighted by atomic mass is 35.7. The molecule has 0 aliphatic rings. The van der Waals surface area contributed by atoms with Crippen LogP contribution in [0.25, 0.3) is 0 Å². The Morgan fingerprint density at radius 2 is 1.75 bits per heavy atom. The van der Waals surface area contributed by atoms with Crippen LogP contribution in [-0.2, 0) is 9.05 Å². The molecule has 0 amide bonds. The summed E-state index contributed by atoms with van der Waals surface area (Å²) in [6, 6.07) is 0. The van der Waals surface area contributed by atoms with Crippen LogP contribution in [-0.4, -0.2) is 13.7 Å². The van der Waals surface area contributed by atoms with Gasteiger partial charge in [-0.15, -0.1) is 0 Å². The maximum Gasteiger partial charge on any atom is 0.235 e. The minimum absolute atomic E-state index is 0.176. The molecule has 74 valence electrons. The average molecular weight is 213 g/mol. The fourth-order valence-electron chi connectivity index (χ4n) is 0.777. The zero-order chi connectivity index (χ0) is 9.99. The van der Waals surface area contributed by atoms with E-state index in [1.54, 1.807) is 6.92 Å². The molecule has 0 spiro atoms. The van der Waals surface area contributed by atoms with E-state index in [-0.39, 0.29) is 5.41 Å². The molecule has 0 radical (unpaired) electrons. The molecule has 0 rings (SSSR count). The Morgan fingerprint density at radius 1 is 1.33 bits per heavy atom. The Labute approximate surface area is 79.7 Å². The first-order valence-corrected chi connectivity index (χ1v) is 6.43. The van der Waals surface area contributed by atoms with Crippen LogP contribution in [0.4, 0.5) is 0 Å². The molecule has 0 aromatic heterocycles. The van der Waals surface area contributed by atoms with E-state index in [1.165, 1.54) is 0 Å². The lowest BCUT2D eigenvalue weighted by Crippen LogP contribution is -2.15. The standard InChI is InChI=1S/C8H17ClO2S/c1-7(12(9,10)11)5-6-8(2,3)4/h7H,5-6H2,1-4H3. The minimum atomic E-state index is -3.35. The van der Waals surface area contributed by atoms with E-state index in [4.69, 9.17) is 10.7 Å². The maximum absolute atomic E-state index is 10.8. The van der Waals surface area contributed by atoms with Crippen LogP contribution in [0.2, 0.25) is 0 Å². The van der Waals surface area contributed by atoms with E-state index in [0.717, 1.165) is 6.42 Å². The molecule has 0 aromatic carbocycles. The van der Waals surface area contributed by atoms with Crippen molar-refractivity contribution < 1.29 is 8.42 Å². The summed E-state index contributed by atoms with van der Waals surface area (Å²) in [5, 5.41) is -0.432. The summed E-state index contributed by atoms with van der Waals surface area (Å²) >= 11 is 0. The second-order valence-electron chi connectivity index (χ2n) is 4.39. The van der Waals surface area contributed by atoms with Gasteiger partial charge in [-0.2, -0.15) is 0 Å². The molecule has 1 atom stereocenters. The van der Waals surface area contributed by atoms with Crippen molar-refractivity contribution in [2.24, 2.45) is 5.41 Å². The second kappa shape index (κ2) is 3.97. The fraction of sp³-hybridized carbons (Fsp3) is 1.00. The van der Waals surface area contributed by atoms with Crippen molar-refractivity contribution in [1.82, 2.24) is 0 Å². The van der Waals surface area contributed by atoms with Gasteiger partial charge in [0, 0.05) is 10.7 Å². The lowest BCUT2D eigenvalue weighted by Gasteiger charge is -2.19. The minimum Gasteiger partial charge on any atom is -0.212 e. The van der Waals surface area contributed by atoms with Gasteiger partial charge in [0.1, 0.15) is 0 Å². The van der Waals surface area contributed by atoms with Crippen LogP contribution in [0.1, 0.15) is 40.5 Å². The Morgan fingerprint density at radius 3 is 2.00 bits per heavy atom. The van der Waals surface area contributed by atoms with Gasteiger partial charge >= 0.3 is 0 Å². The highest BCUT2D eigenvalue weighted by Crippen LogP contribution is 2.24. The van der Waals surface area contributed by atoms with Gasteiger partial charge in [-0.05, 0) is 25.2 Å². The van der Waals surface area contributed by atoms with Crippen molar-refractivity contribution in [3.63, 3.8) is 0 Å². The molecule has 0 bridgehead atoms. The summed E-state index contributed by atoms with van der Waals surface area (Å²) in [5.74, 6) is 0. The lowest BCUT2D eigenvalue weighted by molar-refractivity contribution is 0.364. The summed E-state index contributed by atoms with van der Waals surface area (Å²) in [7, 11) is 1.83. The van der Waals surface area contributed by atoms with E-state index in [0.29, 0.717) is 6.42 Å². The molecule has 0 aliphatic carbocycles. The van der Waals surface area contributed by atoms with Crippen molar-refractivity contribution >= 4 is 19.7 Å². The first kappa shape index (κ1) is 12.2. The molecule has 0 N–H and O–H groups in total. The highest BCUT2D eigenvalue weighted by molar-refractivity contribution is 8.14. The highest BCUT2D eigenvalue weighted by Gasteiger charge is 2.20. The largest absolute Gasteiger partial charge is 0.235 e. The maximum atomic E-state index is 10.8. The van der Waals surface area contributed by atoms with Crippen LogP contribution >= 0.6 is 10.7 Å². The zero-order valence-electron chi connectivity index (χ0n) is 8.09. The van der Waals surface area contributed by atoms with Crippen LogP contribution in [0.3, 0.4) is 0 Å². The van der Waals surface area contributed by atoms with Crippen molar-refractivity contribution in [2.75, 3.05) is 0 Å². The Kier molecular flexibility index (Phi) is 4.04. The molecular formula is C8H17ClO2S. The average Bonchev–Trinajstić information content (AvgIpc) is 1.78. The van der Waals surface area contributed by atoms with Gasteiger partial charge in [0.05, 0.1) is 5.25 Å². The van der Waals surface area contributed by atoms with E-state index in [1.807, 2.05) is 0 Å². The number of halogens is 1. The van der Waals surface area contributed by atoms with Crippen molar-refractivity contribution in [2.45, 2.75) is 45.8 Å². The predicted octanol–water partition coefficient (Wildman–Crippen LogP) is 2.77. The third-order valence-corrected chi connectivity index (χ3v) is 3.89. The van der Waals surface area contributed by atoms with Gasteiger partial charge in [-0.25, -0.2) is 8.42 Å². The molecule has 0 saturated heterocycles. The second-order valence-corrected chi connectivity index (χ2v) is 7.43. The normalized spacial score (nSPS) is 16.1. The molecular weight excluding hydrogens is 196 g/mol. The smallest absolute Gasteiger partial charge is 0.212 e. The van der Waals surface area contributed by atoms with Crippen LogP contribution in [0.5, 0.6) is 0 Å². The molecule has 1 unspecified atom stereocenters. The Hall–Kier alpha value is 0.240. The van der Waals surface area contributed by atoms with Gasteiger partial charge < -0.3 is 0 Å². The van der Waals surface area contributed by atoms with Gasteiger partial charge in [-0.3, -0.25) is 0 Å². The third-order valence-electron chi connectivity index (χ3n) is 1.78. The quantitative estimate of drug-likeness (QED) is 0.675. The molecule has 0 saturated carbocycles. The number of hydrogen-bond acceptors (Lipinski definition) is 2. The molecule has 0 fully saturated rings. The van der Waals surface area contributed by atoms with Crippen LogP contribution in [0, 0.1) is 5.41 Å². The lowest BCUT2D eigenvalue weighted by atomic mass is 9.90. The SMILES string of the molecule is CC(CCC(C)(C)C)S(=O)(=O)Cl. The molecule has 0 aliphatic heterocycles. The third kappa shape index (κ3) is 5.84. The van der Waals surface area contributed by atoms with E-state index in [9.17, 15) is 8.42 Å². The monoisotopic (exact) mass is 212 g/mol. The first-order valence-electron chi connectivity index (χ1n) is 4.06. The zero-order valence-corrected chi connectivity index (χ0v) is 9.67. The Balaban J connectivity index is 3.98. The molecule has 12 heavy (non-hydrogen) atoms. The summed E-state index contributed by atoms with van der Waals surface area (Å²) in [4.78, 5) is 0. The Bertz CT molecular complexity index is 226. The predicted molar refractivity (Wildman–Crippen MR) is 52.9 cm³/mol. The van der Waals surface area contributed by atoms with Crippen LogP contribution in [0.15, 0.2) is 0 Å². The molecule has 0 aromatic rings. The summed E-state index contributed by atoms with van der Waals surface area (Å²) in [6.07, 6.45) is 1.51. The van der Waals surface area contributed by atoms with E-state index >= 15 is 0 Å². The molecule has 0 heterocycles. The number of rotatable bonds is 3. The molecule has 2 nitrogen and oxygen atoms in total. The fourth-order valence-corrected chi connectivity index (χ4v) is 1.44. The number of hydrogen-bond donors (Lipinski definition) is 0. The summed E-state index contributed by atoms with van der Waals surface area (Å²) < 4.78 is 21.6. The topological polar surface area (TPSA) is 34.1 Å². The van der Waals surface area contributed by atoms with Gasteiger partial charge in [0.2, 0.25) is 9.05 Å². The van der Waals surface area contributed by atoms with Crippen molar-refractivity contribution in [1.29, 1.82) is 0 Å². The summed E-state index contributed by atoms with van der Waals surface area (Å²) in [5.41, 5.74) is 0.176.